The second-order valence-corrected chi connectivity index (χ2v) is 3.53. The molecule has 0 bridgehead atoms. The van der Waals surface area contributed by atoms with E-state index in [2.05, 4.69) is 5.32 Å². The summed E-state index contributed by atoms with van der Waals surface area (Å²) in [5, 5.41) is 11.9. The third-order valence-electron chi connectivity index (χ3n) is 2.17. The van der Waals surface area contributed by atoms with Crippen LogP contribution in [-0.2, 0) is 6.54 Å². The summed E-state index contributed by atoms with van der Waals surface area (Å²) in [7, 11) is 0. The van der Waals surface area contributed by atoms with Crippen LogP contribution in [0.25, 0.3) is 0 Å². The molecule has 0 fully saturated rings. The minimum Gasteiger partial charge on any atom is -0.395 e. The molecule has 4 nitrogen and oxygen atoms in total. The predicted molar refractivity (Wildman–Crippen MR) is 58.3 cm³/mol. The molecule has 0 spiro atoms. The Labute approximate surface area is 89.1 Å². The van der Waals surface area contributed by atoms with E-state index in [1.165, 1.54) is 0 Å². The first-order valence-corrected chi connectivity index (χ1v) is 4.86. The smallest absolute Gasteiger partial charge is 0.248 e. The van der Waals surface area contributed by atoms with Crippen LogP contribution < -0.4 is 11.1 Å². The standard InChI is InChI=1S/C11H16N2O2/c1-8(7-14)13-6-9-2-4-10(5-3-9)11(12)15/h2-5,8,13-14H,6-7H2,1H3,(H2,12,15)/t8-/m1/s1. The number of nitrogens with two attached hydrogens (primary N) is 1. The number of rotatable bonds is 5. The maximum absolute atomic E-state index is 10.8. The average molecular weight is 208 g/mol. The molecule has 82 valence electrons. The van der Waals surface area contributed by atoms with E-state index in [1.807, 2.05) is 19.1 Å². The minimum absolute atomic E-state index is 0.0702. The molecule has 0 aliphatic heterocycles. The molecule has 0 saturated heterocycles. The molecule has 4 N–H and O–H groups in total. The van der Waals surface area contributed by atoms with Gasteiger partial charge in [-0.1, -0.05) is 12.1 Å². The summed E-state index contributed by atoms with van der Waals surface area (Å²) < 4.78 is 0. The van der Waals surface area contributed by atoms with Crippen molar-refractivity contribution in [2.45, 2.75) is 19.5 Å². The molecule has 1 aromatic carbocycles. The molecule has 0 aliphatic carbocycles. The Morgan fingerprint density at radius 1 is 1.47 bits per heavy atom. The van der Waals surface area contributed by atoms with E-state index in [0.717, 1.165) is 5.56 Å². The lowest BCUT2D eigenvalue weighted by molar-refractivity contribution is 0.100. The largest absolute Gasteiger partial charge is 0.395 e. The van der Waals surface area contributed by atoms with Crippen molar-refractivity contribution in [1.82, 2.24) is 5.32 Å². The zero-order valence-corrected chi connectivity index (χ0v) is 8.73. The molecule has 0 saturated carbocycles. The van der Waals surface area contributed by atoms with Gasteiger partial charge in [0, 0.05) is 18.2 Å². The molecule has 1 rings (SSSR count). The molecular weight excluding hydrogens is 192 g/mol. The van der Waals surface area contributed by atoms with Gasteiger partial charge in [-0.2, -0.15) is 0 Å². The Balaban J connectivity index is 2.53. The normalized spacial score (nSPS) is 12.4. The number of carbonyl (C=O) groups is 1. The van der Waals surface area contributed by atoms with Gasteiger partial charge in [0.25, 0.3) is 0 Å². The van der Waals surface area contributed by atoms with Gasteiger partial charge in [-0.3, -0.25) is 4.79 Å². The van der Waals surface area contributed by atoms with Gasteiger partial charge < -0.3 is 16.2 Å². The van der Waals surface area contributed by atoms with Gasteiger partial charge in [-0.05, 0) is 24.6 Å². The zero-order valence-electron chi connectivity index (χ0n) is 8.73. The number of aliphatic hydroxyl groups excluding tert-OH is 1. The number of primary amides is 1. The van der Waals surface area contributed by atoms with Crippen LogP contribution in [0.5, 0.6) is 0 Å². The highest BCUT2D eigenvalue weighted by Crippen LogP contribution is 2.03. The Morgan fingerprint density at radius 3 is 2.53 bits per heavy atom. The summed E-state index contributed by atoms with van der Waals surface area (Å²) in [4.78, 5) is 10.8. The maximum Gasteiger partial charge on any atom is 0.248 e. The van der Waals surface area contributed by atoms with Crippen LogP contribution in [0, 0.1) is 0 Å². The van der Waals surface area contributed by atoms with Crippen LogP contribution in [0.15, 0.2) is 24.3 Å². The maximum atomic E-state index is 10.8. The first kappa shape index (κ1) is 11.7. The highest BCUT2D eigenvalue weighted by atomic mass is 16.3. The van der Waals surface area contributed by atoms with Gasteiger partial charge in [0.1, 0.15) is 0 Å². The summed E-state index contributed by atoms with van der Waals surface area (Å²) in [5.41, 5.74) is 6.68. The van der Waals surface area contributed by atoms with Gasteiger partial charge in [-0.25, -0.2) is 0 Å². The molecular formula is C11H16N2O2. The Kier molecular flexibility index (Phi) is 4.27. The lowest BCUT2D eigenvalue weighted by Gasteiger charge is -2.10. The van der Waals surface area contributed by atoms with E-state index in [9.17, 15) is 4.79 Å². The second kappa shape index (κ2) is 5.48. The van der Waals surface area contributed by atoms with Gasteiger partial charge >= 0.3 is 0 Å². The molecule has 1 aromatic rings. The fraction of sp³-hybridized carbons (Fsp3) is 0.364. The summed E-state index contributed by atoms with van der Waals surface area (Å²) in [5.74, 6) is -0.418. The van der Waals surface area contributed by atoms with Crippen molar-refractivity contribution >= 4 is 5.91 Å². The molecule has 0 unspecified atom stereocenters. The first-order chi connectivity index (χ1) is 7.13. The Bertz CT molecular complexity index is 322. The SMILES string of the molecule is C[C@H](CO)NCc1ccc(C(N)=O)cc1. The van der Waals surface area contributed by atoms with Crippen molar-refractivity contribution in [3.8, 4) is 0 Å². The molecule has 15 heavy (non-hydrogen) atoms. The van der Waals surface area contributed by atoms with Crippen LogP contribution in [0.4, 0.5) is 0 Å². The monoisotopic (exact) mass is 208 g/mol. The molecule has 0 aromatic heterocycles. The van der Waals surface area contributed by atoms with Gasteiger partial charge in [-0.15, -0.1) is 0 Å². The first-order valence-electron chi connectivity index (χ1n) is 4.86. The topological polar surface area (TPSA) is 75.3 Å². The van der Waals surface area contributed by atoms with Crippen LogP contribution in [0.2, 0.25) is 0 Å². The number of carbonyl (C=O) groups excluding carboxylic acids is 1. The van der Waals surface area contributed by atoms with Gasteiger partial charge in [0.15, 0.2) is 0 Å². The number of nitrogens with one attached hydrogen (secondary N) is 1. The summed E-state index contributed by atoms with van der Waals surface area (Å²) in [6.07, 6.45) is 0. The number of hydrogen-bond donors (Lipinski definition) is 3. The lowest BCUT2D eigenvalue weighted by Crippen LogP contribution is -2.28. The van der Waals surface area contributed by atoms with Crippen LogP contribution in [0.3, 0.4) is 0 Å². The molecule has 4 heteroatoms. The quantitative estimate of drug-likeness (QED) is 0.649. The van der Waals surface area contributed by atoms with Crippen molar-refractivity contribution in [2.24, 2.45) is 5.73 Å². The number of aliphatic hydroxyl groups is 1. The number of benzene rings is 1. The summed E-state index contributed by atoms with van der Waals surface area (Å²) in [6, 6.07) is 7.15. The molecule has 1 atom stereocenters. The second-order valence-electron chi connectivity index (χ2n) is 3.53. The van der Waals surface area contributed by atoms with Crippen molar-refractivity contribution in [2.75, 3.05) is 6.61 Å². The van der Waals surface area contributed by atoms with E-state index in [1.54, 1.807) is 12.1 Å². The minimum atomic E-state index is -0.418. The van der Waals surface area contributed by atoms with Crippen molar-refractivity contribution in [3.63, 3.8) is 0 Å². The fourth-order valence-electron chi connectivity index (χ4n) is 1.14. The predicted octanol–water partition coefficient (Wildman–Crippen LogP) is 0.256. The summed E-state index contributed by atoms with van der Waals surface area (Å²) in [6.45, 7) is 2.68. The third kappa shape index (κ3) is 3.69. The van der Waals surface area contributed by atoms with E-state index in [4.69, 9.17) is 10.8 Å². The Morgan fingerprint density at radius 2 is 2.07 bits per heavy atom. The van der Waals surface area contributed by atoms with Gasteiger partial charge in [0.05, 0.1) is 6.61 Å². The van der Waals surface area contributed by atoms with E-state index >= 15 is 0 Å². The zero-order chi connectivity index (χ0) is 11.3. The van der Waals surface area contributed by atoms with Crippen LogP contribution >= 0.6 is 0 Å². The fourth-order valence-corrected chi connectivity index (χ4v) is 1.14. The third-order valence-corrected chi connectivity index (χ3v) is 2.17. The molecule has 0 aliphatic rings. The van der Waals surface area contributed by atoms with E-state index in [-0.39, 0.29) is 12.6 Å². The van der Waals surface area contributed by atoms with Crippen molar-refractivity contribution < 1.29 is 9.90 Å². The van der Waals surface area contributed by atoms with Crippen molar-refractivity contribution in [3.05, 3.63) is 35.4 Å². The van der Waals surface area contributed by atoms with E-state index < -0.39 is 5.91 Å². The van der Waals surface area contributed by atoms with Crippen LogP contribution in [-0.4, -0.2) is 23.7 Å². The summed E-state index contributed by atoms with van der Waals surface area (Å²) >= 11 is 0. The number of hydrogen-bond acceptors (Lipinski definition) is 3. The molecule has 0 heterocycles. The molecule has 0 radical (unpaired) electrons. The Hall–Kier alpha value is -1.39. The van der Waals surface area contributed by atoms with Crippen molar-refractivity contribution in [1.29, 1.82) is 0 Å². The average Bonchev–Trinajstić information content (AvgIpc) is 2.26. The molecule has 1 amide bonds. The lowest BCUT2D eigenvalue weighted by atomic mass is 10.1. The number of amides is 1. The van der Waals surface area contributed by atoms with E-state index in [0.29, 0.717) is 12.1 Å². The van der Waals surface area contributed by atoms with Gasteiger partial charge in [0.2, 0.25) is 5.91 Å². The highest BCUT2D eigenvalue weighted by Gasteiger charge is 2.01. The highest BCUT2D eigenvalue weighted by molar-refractivity contribution is 5.92. The van der Waals surface area contributed by atoms with Crippen LogP contribution in [0.1, 0.15) is 22.8 Å².